The Bertz CT molecular complexity index is 328. The molecule has 0 saturated carbocycles. The quantitative estimate of drug-likeness (QED) is 0.580. The molecule has 1 heterocycles. The number of aliphatic hydroxyl groups is 1. The molecule has 0 bridgehead atoms. The van der Waals surface area contributed by atoms with Crippen LogP contribution in [0.25, 0.3) is 0 Å². The average molecular weight is 200 g/mol. The van der Waals surface area contributed by atoms with E-state index in [-0.39, 0.29) is 5.56 Å². The lowest BCUT2D eigenvalue weighted by molar-refractivity contribution is -0.141. The maximum atomic E-state index is 12.4. The van der Waals surface area contributed by atoms with Crippen LogP contribution in [0.1, 0.15) is 11.7 Å². The minimum Gasteiger partial charge on any atom is -0.480 e. The zero-order valence-corrected chi connectivity index (χ0v) is 7.09. The van der Waals surface area contributed by atoms with Gasteiger partial charge in [-0.05, 0) is 6.07 Å². The first-order valence-corrected chi connectivity index (χ1v) is 3.80. The SMILES string of the molecule is NC(C(=O)O)C(O)c1ccc(F)nc1. The smallest absolute Gasteiger partial charge is 0.323 e. The van der Waals surface area contributed by atoms with Crippen molar-refractivity contribution in [3.63, 3.8) is 0 Å². The molecule has 1 aromatic rings. The Kier molecular flexibility index (Phi) is 3.10. The van der Waals surface area contributed by atoms with Crippen molar-refractivity contribution in [3.05, 3.63) is 29.8 Å². The number of halogens is 1. The first-order valence-electron chi connectivity index (χ1n) is 3.80. The van der Waals surface area contributed by atoms with Crippen LogP contribution in [-0.2, 0) is 4.79 Å². The number of nitrogens with two attached hydrogens (primary N) is 1. The number of hydrogen-bond acceptors (Lipinski definition) is 4. The molecule has 14 heavy (non-hydrogen) atoms. The first kappa shape index (κ1) is 10.6. The number of nitrogens with zero attached hydrogens (tertiary/aromatic N) is 1. The van der Waals surface area contributed by atoms with Crippen molar-refractivity contribution in [1.29, 1.82) is 0 Å². The van der Waals surface area contributed by atoms with E-state index in [4.69, 9.17) is 10.8 Å². The summed E-state index contributed by atoms with van der Waals surface area (Å²) in [5, 5.41) is 17.9. The molecule has 0 aromatic carbocycles. The van der Waals surface area contributed by atoms with Crippen molar-refractivity contribution in [2.75, 3.05) is 0 Å². The van der Waals surface area contributed by atoms with Crippen molar-refractivity contribution < 1.29 is 19.4 Å². The lowest BCUT2D eigenvalue weighted by Gasteiger charge is -2.14. The second kappa shape index (κ2) is 4.12. The van der Waals surface area contributed by atoms with E-state index in [0.717, 1.165) is 12.3 Å². The van der Waals surface area contributed by atoms with Gasteiger partial charge < -0.3 is 15.9 Å². The van der Waals surface area contributed by atoms with Crippen LogP contribution >= 0.6 is 0 Å². The Balaban J connectivity index is 2.84. The topological polar surface area (TPSA) is 96.4 Å². The lowest BCUT2D eigenvalue weighted by atomic mass is 10.1. The molecule has 0 radical (unpaired) electrons. The number of aliphatic hydroxyl groups excluding tert-OH is 1. The monoisotopic (exact) mass is 200 g/mol. The molecule has 4 N–H and O–H groups in total. The molecule has 0 saturated heterocycles. The van der Waals surface area contributed by atoms with Gasteiger partial charge in [-0.25, -0.2) is 4.98 Å². The summed E-state index contributed by atoms with van der Waals surface area (Å²) in [4.78, 5) is 13.7. The standard InChI is InChI=1S/C8H9FN2O3/c9-5-2-1-4(3-11-5)7(12)6(10)8(13)14/h1-3,6-7,12H,10H2,(H,13,14). The van der Waals surface area contributed by atoms with E-state index in [1.807, 2.05) is 0 Å². The zero-order chi connectivity index (χ0) is 10.7. The Morgan fingerprint density at radius 1 is 1.57 bits per heavy atom. The lowest BCUT2D eigenvalue weighted by Crippen LogP contribution is -2.36. The highest BCUT2D eigenvalue weighted by molar-refractivity contribution is 5.74. The van der Waals surface area contributed by atoms with Gasteiger partial charge in [0.25, 0.3) is 0 Å². The van der Waals surface area contributed by atoms with Gasteiger partial charge >= 0.3 is 5.97 Å². The summed E-state index contributed by atoms with van der Waals surface area (Å²) in [5.41, 5.74) is 5.33. The predicted octanol–water partition coefficient (Wildman–Crippen LogP) is -0.334. The summed E-state index contributed by atoms with van der Waals surface area (Å²) in [6.45, 7) is 0. The number of rotatable bonds is 3. The first-order chi connectivity index (χ1) is 6.52. The largest absolute Gasteiger partial charge is 0.480 e. The maximum absolute atomic E-state index is 12.4. The molecule has 0 aliphatic rings. The van der Waals surface area contributed by atoms with Gasteiger partial charge in [0.05, 0.1) is 0 Å². The van der Waals surface area contributed by atoms with E-state index < -0.39 is 24.1 Å². The minimum absolute atomic E-state index is 0.168. The van der Waals surface area contributed by atoms with Crippen LogP contribution in [0.4, 0.5) is 4.39 Å². The molecule has 1 aromatic heterocycles. The Labute approximate surface area is 79.0 Å². The fourth-order valence-electron chi connectivity index (χ4n) is 0.905. The fraction of sp³-hybridized carbons (Fsp3) is 0.250. The Morgan fingerprint density at radius 2 is 2.21 bits per heavy atom. The van der Waals surface area contributed by atoms with Gasteiger partial charge in [0.2, 0.25) is 5.95 Å². The molecule has 1 rings (SSSR count). The van der Waals surface area contributed by atoms with Gasteiger partial charge in [-0.15, -0.1) is 0 Å². The molecule has 0 fully saturated rings. The molecule has 2 atom stereocenters. The molecule has 0 spiro atoms. The third-order valence-electron chi connectivity index (χ3n) is 1.72. The molecule has 6 heteroatoms. The number of hydrogen-bond donors (Lipinski definition) is 3. The molecule has 2 unspecified atom stereocenters. The van der Waals surface area contributed by atoms with Crippen molar-refractivity contribution >= 4 is 5.97 Å². The summed E-state index contributed by atoms with van der Waals surface area (Å²) in [7, 11) is 0. The normalized spacial score (nSPS) is 14.8. The third kappa shape index (κ3) is 2.24. The van der Waals surface area contributed by atoms with Crippen molar-refractivity contribution in [2.24, 2.45) is 5.73 Å². The zero-order valence-electron chi connectivity index (χ0n) is 7.09. The highest BCUT2D eigenvalue weighted by Crippen LogP contribution is 2.14. The molecular weight excluding hydrogens is 191 g/mol. The van der Waals surface area contributed by atoms with Crippen LogP contribution in [0.15, 0.2) is 18.3 Å². The maximum Gasteiger partial charge on any atom is 0.323 e. The summed E-state index contributed by atoms with van der Waals surface area (Å²) < 4.78 is 12.4. The van der Waals surface area contributed by atoms with E-state index in [2.05, 4.69) is 4.98 Å². The second-order valence-electron chi connectivity index (χ2n) is 2.72. The van der Waals surface area contributed by atoms with Crippen LogP contribution in [-0.4, -0.2) is 27.2 Å². The van der Waals surface area contributed by atoms with E-state index in [1.54, 1.807) is 0 Å². The number of carboxylic acids is 1. The number of aromatic nitrogens is 1. The molecule has 5 nitrogen and oxygen atoms in total. The summed E-state index contributed by atoms with van der Waals surface area (Å²) in [5.74, 6) is -2.04. The second-order valence-corrected chi connectivity index (χ2v) is 2.72. The molecular formula is C8H9FN2O3. The van der Waals surface area contributed by atoms with E-state index in [0.29, 0.717) is 0 Å². The summed E-state index contributed by atoms with van der Waals surface area (Å²) in [6, 6.07) is 0.811. The van der Waals surface area contributed by atoms with Gasteiger partial charge in [-0.1, -0.05) is 6.07 Å². The average Bonchev–Trinajstić information content (AvgIpc) is 2.16. The van der Waals surface area contributed by atoms with Gasteiger partial charge in [0.15, 0.2) is 0 Å². The van der Waals surface area contributed by atoms with Crippen molar-refractivity contribution in [1.82, 2.24) is 4.98 Å². The highest BCUT2D eigenvalue weighted by atomic mass is 19.1. The van der Waals surface area contributed by atoms with Crippen LogP contribution < -0.4 is 5.73 Å². The number of aliphatic carboxylic acids is 1. The van der Waals surface area contributed by atoms with Gasteiger partial charge in [0.1, 0.15) is 12.1 Å². The number of carboxylic acid groups (broad SMARTS) is 1. The molecule has 76 valence electrons. The van der Waals surface area contributed by atoms with E-state index >= 15 is 0 Å². The summed E-state index contributed by atoms with van der Waals surface area (Å²) >= 11 is 0. The minimum atomic E-state index is -1.44. The van der Waals surface area contributed by atoms with Crippen molar-refractivity contribution in [2.45, 2.75) is 12.1 Å². The van der Waals surface area contributed by atoms with Crippen molar-refractivity contribution in [3.8, 4) is 0 Å². The van der Waals surface area contributed by atoms with Crippen LogP contribution in [0, 0.1) is 5.95 Å². The van der Waals surface area contributed by atoms with Crippen LogP contribution in [0.2, 0.25) is 0 Å². The molecule has 0 amide bonds. The fourth-order valence-corrected chi connectivity index (χ4v) is 0.905. The van der Waals surface area contributed by atoms with Gasteiger partial charge in [0, 0.05) is 11.8 Å². The Hall–Kier alpha value is -1.53. The van der Waals surface area contributed by atoms with E-state index in [1.165, 1.54) is 6.07 Å². The van der Waals surface area contributed by atoms with Gasteiger partial charge in [-0.2, -0.15) is 4.39 Å². The van der Waals surface area contributed by atoms with Crippen LogP contribution in [0.5, 0.6) is 0 Å². The number of pyridine rings is 1. The molecule has 0 aliphatic carbocycles. The number of carbonyl (C=O) groups is 1. The summed E-state index contributed by atoms with van der Waals surface area (Å²) in [6.07, 6.45) is -0.344. The molecule has 0 aliphatic heterocycles. The van der Waals surface area contributed by atoms with E-state index in [9.17, 15) is 14.3 Å². The third-order valence-corrected chi connectivity index (χ3v) is 1.72. The van der Waals surface area contributed by atoms with Crippen LogP contribution in [0.3, 0.4) is 0 Å². The predicted molar refractivity (Wildman–Crippen MR) is 44.8 cm³/mol. The Morgan fingerprint density at radius 3 is 2.64 bits per heavy atom. The van der Waals surface area contributed by atoms with Gasteiger partial charge in [-0.3, -0.25) is 4.79 Å². The highest BCUT2D eigenvalue weighted by Gasteiger charge is 2.23.